The van der Waals surface area contributed by atoms with Crippen LogP contribution in [-0.2, 0) is 0 Å². The van der Waals surface area contributed by atoms with Gasteiger partial charge in [0.05, 0.1) is 5.69 Å². The van der Waals surface area contributed by atoms with Crippen molar-refractivity contribution in [2.45, 2.75) is 19.8 Å². The van der Waals surface area contributed by atoms with E-state index in [0.29, 0.717) is 5.82 Å². The Bertz CT molecular complexity index is 648. The van der Waals surface area contributed by atoms with E-state index >= 15 is 0 Å². The van der Waals surface area contributed by atoms with Gasteiger partial charge in [-0.05, 0) is 18.6 Å². The van der Waals surface area contributed by atoms with E-state index < -0.39 is 11.7 Å². The SMILES string of the molecule is CCCCN(C)c1cc(C(=O)Nc2ccccc2F)ncn1. The highest BCUT2D eigenvalue weighted by molar-refractivity contribution is 6.03. The minimum Gasteiger partial charge on any atom is -0.360 e. The number of hydrogen-bond acceptors (Lipinski definition) is 4. The molecule has 22 heavy (non-hydrogen) atoms. The number of nitrogens with zero attached hydrogens (tertiary/aromatic N) is 3. The molecule has 0 unspecified atom stereocenters. The van der Waals surface area contributed by atoms with Crippen LogP contribution in [0.4, 0.5) is 15.9 Å². The van der Waals surface area contributed by atoms with Crippen molar-refractivity contribution in [2.75, 3.05) is 23.8 Å². The number of carbonyl (C=O) groups excluding carboxylic acids is 1. The molecular weight excluding hydrogens is 283 g/mol. The molecule has 1 heterocycles. The highest BCUT2D eigenvalue weighted by Gasteiger charge is 2.12. The van der Waals surface area contributed by atoms with Gasteiger partial charge in [-0.2, -0.15) is 0 Å². The summed E-state index contributed by atoms with van der Waals surface area (Å²) >= 11 is 0. The molecule has 0 radical (unpaired) electrons. The van der Waals surface area contributed by atoms with E-state index in [2.05, 4.69) is 22.2 Å². The molecule has 2 aromatic rings. The van der Waals surface area contributed by atoms with Crippen molar-refractivity contribution >= 4 is 17.4 Å². The summed E-state index contributed by atoms with van der Waals surface area (Å²) in [6, 6.07) is 7.62. The molecule has 1 amide bonds. The van der Waals surface area contributed by atoms with E-state index in [1.165, 1.54) is 18.5 Å². The number of aromatic nitrogens is 2. The molecule has 1 aromatic heterocycles. The van der Waals surface area contributed by atoms with Crippen LogP contribution in [0.5, 0.6) is 0 Å². The lowest BCUT2D eigenvalue weighted by Gasteiger charge is -2.17. The first-order valence-corrected chi connectivity index (χ1v) is 7.21. The standard InChI is InChI=1S/C16H19FN4O/c1-3-4-9-21(2)15-10-14(18-11-19-15)16(22)20-13-8-6-5-7-12(13)17/h5-8,10-11H,3-4,9H2,1-2H3,(H,20,22). The van der Waals surface area contributed by atoms with Crippen molar-refractivity contribution in [2.24, 2.45) is 0 Å². The lowest BCUT2D eigenvalue weighted by Crippen LogP contribution is -2.21. The Labute approximate surface area is 129 Å². The Hall–Kier alpha value is -2.50. The monoisotopic (exact) mass is 302 g/mol. The zero-order valence-electron chi connectivity index (χ0n) is 12.7. The van der Waals surface area contributed by atoms with Crippen LogP contribution in [0.15, 0.2) is 36.7 Å². The van der Waals surface area contributed by atoms with Gasteiger partial charge in [0.15, 0.2) is 0 Å². The lowest BCUT2D eigenvalue weighted by atomic mass is 10.2. The normalized spacial score (nSPS) is 10.3. The number of halogens is 1. The van der Waals surface area contributed by atoms with Gasteiger partial charge in [0.2, 0.25) is 0 Å². The summed E-state index contributed by atoms with van der Waals surface area (Å²) in [6.45, 7) is 2.96. The number of unbranched alkanes of at least 4 members (excludes halogenated alkanes) is 1. The molecule has 0 saturated heterocycles. The molecule has 0 aliphatic carbocycles. The van der Waals surface area contributed by atoms with Crippen molar-refractivity contribution in [1.82, 2.24) is 9.97 Å². The van der Waals surface area contributed by atoms with E-state index in [9.17, 15) is 9.18 Å². The summed E-state index contributed by atoms with van der Waals surface area (Å²) < 4.78 is 13.6. The average molecular weight is 302 g/mol. The maximum Gasteiger partial charge on any atom is 0.274 e. The van der Waals surface area contributed by atoms with Crippen LogP contribution in [0.3, 0.4) is 0 Å². The third kappa shape index (κ3) is 4.00. The molecule has 1 N–H and O–H groups in total. The first kappa shape index (κ1) is 15.9. The average Bonchev–Trinajstić information content (AvgIpc) is 2.54. The predicted molar refractivity (Wildman–Crippen MR) is 84.6 cm³/mol. The summed E-state index contributed by atoms with van der Waals surface area (Å²) in [6.07, 6.45) is 3.46. The molecule has 1 aromatic carbocycles. The molecule has 0 atom stereocenters. The van der Waals surface area contributed by atoms with Gasteiger partial charge in [-0.15, -0.1) is 0 Å². The van der Waals surface area contributed by atoms with Crippen molar-refractivity contribution < 1.29 is 9.18 Å². The first-order valence-electron chi connectivity index (χ1n) is 7.21. The van der Waals surface area contributed by atoms with Gasteiger partial charge in [0, 0.05) is 19.7 Å². The second-order valence-electron chi connectivity index (χ2n) is 4.97. The summed E-state index contributed by atoms with van der Waals surface area (Å²) in [5, 5.41) is 2.51. The molecule has 2 rings (SSSR count). The summed E-state index contributed by atoms with van der Waals surface area (Å²) in [5.41, 5.74) is 0.337. The second-order valence-corrected chi connectivity index (χ2v) is 4.97. The molecule has 6 heteroatoms. The van der Waals surface area contributed by atoms with Crippen molar-refractivity contribution in [3.8, 4) is 0 Å². The summed E-state index contributed by atoms with van der Waals surface area (Å²) in [5.74, 6) is -0.273. The molecule has 0 saturated carbocycles. The summed E-state index contributed by atoms with van der Waals surface area (Å²) in [4.78, 5) is 22.2. The van der Waals surface area contributed by atoms with Gasteiger partial charge >= 0.3 is 0 Å². The quantitative estimate of drug-likeness (QED) is 0.891. The largest absolute Gasteiger partial charge is 0.360 e. The third-order valence-corrected chi connectivity index (χ3v) is 3.25. The van der Waals surface area contributed by atoms with E-state index in [1.807, 2.05) is 11.9 Å². The van der Waals surface area contributed by atoms with Gasteiger partial charge in [-0.25, -0.2) is 14.4 Å². The minimum absolute atomic E-state index is 0.131. The Balaban J connectivity index is 2.12. The molecule has 0 aliphatic heterocycles. The maximum atomic E-state index is 13.6. The van der Waals surface area contributed by atoms with Crippen LogP contribution in [0.2, 0.25) is 0 Å². The van der Waals surface area contributed by atoms with Gasteiger partial charge in [-0.1, -0.05) is 25.5 Å². The molecule has 0 spiro atoms. The van der Waals surface area contributed by atoms with Crippen molar-refractivity contribution in [3.63, 3.8) is 0 Å². The second kappa shape index (κ2) is 7.49. The fraction of sp³-hybridized carbons (Fsp3) is 0.312. The van der Waals surface area contributed by atoms with E-state index in [0.717, 1.165) is 19.4 Å². The third-order valence-electron chi connectivity index (χ3n) is 3.25. The van der Waals surface area contributed by atoms with E-state index in [4.69, 9.17) is 0 Å². The van der Waals surface area contributed by atoms with E-state index in [1.54, 1.807) is 18.2 Å². The highest BCUT2D eigenvalue weighted by Crippen LogP contribution is 2.15. The smallest absolute Gasteiger partial charge is 0.274 e. The molecule has 0 aliphatic rings. The fourth-order valence-electron chi connectivity index (χ4n) is 1.94. The van der Waals surface area contributed by atoms with Crippen LogP contribution in [-0.4, -0.2) is 29.5 Å². The topological polar surface area (TPSA) is 58.1 Å². The summed E-state index contributed by atoms with van der Waals surface area (Å²) in [7, 11) is 1.91. The number of anilines is 2. The molecule has 116 valence electrons. The van der Waals surface area contributed by atoms with Crippen LogP contribution in [0, 0.1) is 5.82 Å². The van der Waals surface area contributed by atoms with Gasteiger partial charge in [-0.3, -0.25) is 4.79 Å². The number of hydrogen-bond donors (Lipinski definition) is 1. The Morgan fingerprint density at radius 2 is 2.09 bits per heavy atom. The van der Waals surface area contributed by atoms with Crippen LogP contribution in [0.25, 0.3) is 0 Å². The number of benzene rings is 1. The number of rotatable bonds is 6. The molecule has 0 fully saturated rings. The molecule has 0 bridgehead atoms. The highest BCUT2D eigenvalue weighted by atomic mass is 19.1. The van der Waals surface area contributed by atoms with Crippen molar-refractivity contribution in [3.05, 3.63) is 48.2 Å². The number of carbonyl (C=O) groups is 1. The van der Waals surface area contributed by atoms with Crippen LogP contribution in [0.1, 0.15) is 30.3 Å². The fourth-order valence-corrected chi connectivity index (χ4v) is 1.94. The molecular formula is C16H19FN4O. The van der Waals surface area contributed by atoms with Crippen LogP contribution < -0.4 is 10.2 Å². The zero-order chi connectivity index (χ0) is 15.9. The first-order chi connectivity index (χ1) is 10.6. The predicted octanol–water partition coefficient (Wildman–Crippen LogP) is 3.10. The van der Waals surface area contributed by atoms with Crippen molar-refractivity contribution in [1.29, 1.82) is 0 Å². The Morgan fingerprint density at radius 1 is 1.32 bits per heavy atom. The lowest BCUT2D eigenvalue weighted by molar-refractivity contribution is 0.102. The van der Waals surface area contributed by atoms with Gasteiger partial charge in [0.25, 0.3) is 5.91 Å². The van der Waals surface area contributed by atoms with Gasteiger partial charge < -0.3 is 10.2 Å². The number of para-hydroxylation sites is 1. The maximum absolute atomic E-state index is 13.6. The number of nitrogens with one attached hydrogen (secondary N) is 1. The van der Waals surface area contributed by atoms with Crippen LogP contribution >= 0.6 is 0 Å². The molecule has 5 nitrogen and oxygen atoms in total. The number of amides is 1. The zero-order valence-corrected chi connectivity index (χ0v) is 12.7. The Kier molecular flexibility index (Phi) is 5.41. The minimum atomic E-state index is -0.481. The Morgan fingerprint density at radius 3 is 2.82 bits per heavy atom. The van der Waals surface area contributed by atoms with Gasteiger partial charge in [0.1, 0.15) is 23.7 Å². The van der Waals surface area contributed by atoms with E-state index in [-0.39, 0.29) is 11.4 Å².